The zero-order valence-corrected chi connectivity index (χ0v) is 19.9. The van der Waals surface area contributed by atoms with E-state index in [9.17, 15) is 14.4 Å². The van der Waals surface area contributed by atoms with Gasteiger partial charge in [0.25, 0.3) is 0 Å². The number of fused-ring (bicyclic) bond motifs is 1. The number of esters is 1. The lowest BCUT2D eigenvalue weighted by Gasteiger charge is -2.32. The molecule has 1 saturated carbocycles. The molecule has 1 N–H and O–H groups in total. The van der Waals surface area contributed by atoms with Crippen molar-refractivity contribution in [1.29, 1.82) is 0 Å². The number of halogens is 1. The highest BCUT2D eigenvalue weighted by Gasteiger charge is 2.23. The number of benzene rings is 1. The molecule has 2 heterocycles. The van der Waals surface area contributed by atoms with Crippen LogP contribution in [0.1, 0.15) is 49.4 Å². The van der Waals surface area contributed by atoms with Crippen molar-refractivity contribution in [3.05, 3.63) is 39.9 Å². The molecule has 4 rings (SSSR count). The van der Waals surface area contributed by atoms with Crippen molar-refractivity contribution in [3.63, 3.8) is 0 Å². The Morgan fingerprint density at radius 2 is 1.82 bits per heavy atom. The topological polar surface area (TPSA) is 83.9 Å². The van der Waals surface area contributed by atoms with Crippen LogP contribution in [-0.4, -0.2) is 72.1 Å². The van der Waals surface area contributed by atoms with Gasteiger partial charge < -0.3 is 24.4 Å². The van der Waals surface area contributed by atoms with Crippen LogP contribution >= 0.6 is 0 Å². The second kappa shape index (κ2) is 10.5. The standard InChI is InChI=1S/C25H33FN4O4/c1-3-34-25(33)19-15-30(16-23(31)29-11-9-28(2)10-12-29)22-14-21(20(26)13-18(22)24(19)32)27-17-7-5-4-6-8-17/h13-15,17,27H,3-12,16H2,1-2H3. The van der Waals surface area contributed by atoms with E-state index in [-0.39, 0.29) is 36.1 Å². The summed E-state index contributed by atoms with van der Waals surface area (Å²) in [4.78, 5) is 42.5. The van der Waals surface area contributed by atoms with Gasteiger partial charge in [0.2, 0.25) is 11.3 Å². The first-order valence-corrected chi connectivity index (χ1v) is 12.1. The summed E-state index contributed by atoms with van der Waals surface area (Å²) in [6, 6.07) is 2.93. The maximum absolute atomic E-state index is 15.1. The number of aromatic nitrogens is 1. The van der Waals surface area contributed by atoms with E-state index in [2.05, 4.69) is 10.2 Å². The fraction of sp³-hybridized carbons (Fsp3) is 0.560. The lowest BCUT2D eigenvalue weighted by Crippen LogP contribution is -2.48. The van der Waals surface area contributed by atoms with E-state index in [0.717, 1.165) is 38.8 Å². The first kappa shape index (κ1) is 24.2. The number of piperazine rings is 1. The lowest BCUT2D eigenvalue weighted by atomic mass is 9.95. The van der Waals surface area contributed by atoms with Gasteiger partial charge in [-0.15, -0.1) is 0 Å². The van der Waals surface area contributed by atoms with Crippen molar-refractivity contribution < 1.29 is 18.7 Å². The van der Waals surface area contributed by atoms with Crippen LogP contribution in [0.3, 0.4) is 0 Å². The van der Waals surface area contributed by atoms with E-state index in [0.29, 0.717) is 24.3 Å². The van der Waals surface area contributed by atoms with Crippen molar-refractivity contribution in [1.82, 2.24) is 14.4 Å². The molecule has 1 aromatic carbocycles. The molecule has 9 heteroatoms. The van der Waals surface area contributed by atoms with Gasteiger partial charge in [0, 0.05) is 43.8 Å². The van der Waals surface area contributed by atoms with E-state index < -0.39 is 17.2 Å². The second-order valence-corrected chi connectivity index (χ2v) is 9.23. The van der Waals surface area contributed by atoms with Crippen molar-refractivity contribution in [2.75, 3.05) is 45.2 Å². The number of nitrogens with zero attached hydrogens (tertiary/aromatic N) is 3. The predicted molar refractivity (Wildman–Crippen MR) is 129 cm³/mol. The van der Waals surface area contributed by atoms with Gasteiger partial charge in [-0.3, -0.25) is 9.59 Å². The number of anilines is 1. The molecule has 1 aliphatic heterocycles. The zero-order chi connectivity index (χ0) is 24.2. The summed E-state index contributed by atoms with van der Waals surface area (Å²) in [5.74, 6) is -1.44. The Kier molecular flexibility index (Phi) is 7.50. The predicted octanol–water partition coefficient (Wildman–Crippen LogP) is 2.84. The minimum Gasteiger partial charge on any atom is -0.462 e. The Hall–Kier alpha value is -2.94. The number of carbonyl (C=O) groups excluding carboxylic acids is 2. The highest BCUT2D eigenvalue weighted by Crippen LogP contribution is 2.27. The molecule has 0 unspecified atom stereocenters. The average molecular weight is 473 g/mol. The van der Waals surface area contributed by atoms with Crippen LogP contribution in [0.4, 0.5) is 10.1 Å². The van der Waals surface area contributed by atoms with Crippen LogP contribution in [0, 0.1) is 5.82 Å². The minimum absolute atomic E-state index is 0.0542. The first-order chi connectivity index (χ1) is 16.4. The highest BCUT2D eigenvalue weighted by atomic mass is 19.1. The molecule has 0 radical (unpaired) electrons. The number of ether oxygens (including phenoxy) is 1. The highest BCUT2D eigenvalue weighted by molar-refractivity contribution is 5.95. The van der Waals surface area contributed by atoms with E-state index in [4.69, 9.17) is 4.74 Å². The summed E-state index contributed by atoms with van der Waals surface area (Å²) in [5, 5.41) is 3.34. The zero-order valence-electron chi connectivity index (χ0n) is 19.9. The third-order valence-corrected chi connectivity index (χ3v) is 6.79. The number of carbonyl (C=O) groups is 2. The summed E-state index contributed by atoms with van der Waals surface area (Å²) in [5.41, 5.74) is -0.0727. The molecule has 184 valence electrons. The second-order valence-electron chi connectivity index (χ2n) is 9.23. The third-order valence-electron chi connectivity index (χ3n) is 6.79. The van der Waals surface area contributed by atoms with Crippen LogP contribution in [0.2, 0.25) is 0 Å². The molecule has 1 amide bonds. The SMILES string of the molecule is CCOC(=O)c1cn(CC(=O)N2CCN(C)CC2)c2cc(NC3CCCCC3)c(F)cc2c1=O. The Morgan fingerprint density at radius 1 is 1.12 bits per heavy atom. The van der Waals surface area contributed by atoms with E-state index in [1.54, 1.807) is 22.5 Å². The van der Waals surface area contributed by atoms with Gasteiger partial charge >= 0.3 is 5.97 Å². The number of amides is 1. The summed E-state index contributed by atoms with van der Waals surface area (Å²) in [6.07, 6.45) is 6.68. The third kappa shape index (κ3) is 5.24. The number of nitrogens with one attached hydrogen (secondary N) is 1. The first-order valence-electron chi connectivity index (χ1n) is 12.1. The summed E-state index contributed by atoms with van der Waals surface area (Å²) in [7, 11) is 2.01. The largest absolute Gasteiger partial charge is 0.462 e. The Bertz CT molecular complexity index is 1120. The summed E-state index contributed by atoms with van der Waals surface area (Å²) in [6.45, 7) is 4.49. The minimum atomic E-state index is -0.778. The normalized spacial score (nSPS) is 17.7. The quantitative estimate of drug-likeness (QED) is 0.651. The molecular formula is C25H33FN4O4. The Labute approximate surface area is 198 Å². The Morgan fingerprint density at radius 3 is 2.50 bits per heavy atom. The van der Waals surface area contributed by atoms with Crippen molar-refractivity contribution >= 4 is 28.5 Å². The number of rotatable bonds is 6. The fourth-order valence-electron chi connectivity index (χ4n) is 4.77. The van der Waals surface area contributed by atoms with Gasteiger partial charge in [-0.2, -0.15) is 0 Å². The van der Waals surface area contributed by atoms with Crippen molar-refractivity contribution in [2.45, 2.75) is 51.6 Å². The number of hydrogen-bond donors (Lipinski definition) is 1. The summed E-state index contributed by atoms with van der Waals surface area (Å²) < 4.78 is 21.7. The number of hydrogen-bond acceptors (Lipinski definition) is 6. The molecule has 2 fully saturated rings. The van der Waals surface area contributed by atoms with Gasteiger partial charge in [-0.05, 0) is 38.9 Å². The molecule has 0 bridgehead atoms. The van der Waals surface area contributed by atoms with Gasteiger partial charge in [0.1, 0.15) is 17.9 Å². The van der Waals surface area contributed by atoms with Gasteiger partial charge in [-0.25, -0.2) is 9.18 Å². The molecule has 1 aliphatic carbocycles. The lowest BCUT2D eigenvalue weighted by molar-refractivity contribution is -0.133. The molecule has 0 spiro atoms. The smallest absolute Gasteiger partial charge is 0.343 e. The van der Waals surface area contributed by atoms with Crippen LogP contribution in [0.5, 0.6) is 0 Å². The van der Waals surface area contributed by atoms with Gasteiger partial charge in [-0.1, -0.05) is 19.3 Å². The average Bonchev–Trinajstić information content (AvgIpc) is 2.83. The molecule has 2 aromatic rings. The Balaban J connectivity index is 1.73. The fourth-order valence-corrected chi connectivity index (χ4v) is 4.77. The van der Waals surface area contributed by atoms with Crippen molar-refractivity contribution in [2.24, 2.45) is 0 Å². The maximum Gasteiger partial charge on any atom is 0.343 e. The van der Waals surface area contributed by atoms with E-state index in [1.165, 1.54) is 18.7 Å². The molecule has 8 nitrogen and oxygen atoms in total. The maximum atomic E-state index is 15.1. The van der Waals surface area contributed by atoms with Gasteiger partial charge in [0.15, 0.2) is 0 Å². The van der Waals surface area contributed by atoms with Crippen molar-refractivity contribution in [3.8, 4) is 0 Å². The summed E-state index contributed by atoms with van der Waals surface area (Å²) >= 11 is 0. The van der Waals surface area contributed by atoms with Crippen LogP contribution in [0.25, 0.3) is 10.9 Å². The van der Waals surface area contributed by atoms with E-state index in [1.807, 2.05) is 7.05 Å². The number of pyridine rings is 1. The molecule has 1 saturated heterocycles. The molecular weight excluding hydrogens is 439 g/mol. The molecule has 1 aromatic heterocycles. The molecule has 2 aliphatic rings. The number of likely N-dealkylation sites (N-methyl/N-ethyl adjacent to an activating group) is 1. The van der Waals surface area contributed by atoms with Crippen LogP contribution < -0.4 is 10.7 Å². The molecule has 0 atom stereocenters. The van der Waals surface area contributed by atoms with E-state index >= 15 is 4.39 Å². The monoisotopic (exact) mass is 472 g/mol. The van der Waals surface area contributed by atoms with Crippen LogP contribution in [-0.2, 0) is 16.1 Å². The molecule has 34 heavy (non-hydrogen) atoms. The van der Waals surface area contributed by atoms with Gasteiger partial charge in [0.05, 0.1) is 17.8 Å². The van der Waals surface area contributed by atoms with Crippen LogP contribution in [0.15, 0.2) is 23.1 Å².